The van der Waals surface area contributed by atoms with E-state index in [0.29, 0.717) is 0 Å². The molecule has 78 valence electrons. The molecule has 0 N–H and O–H groups in total. The minimum Gasteiger partial charge on any atom is -0.301 e. The monoisotopic (exact) mass is 219 g/mol. The number of rotatable bonds is 3. The van der Waals surface area contributed by atoms with Gasteiger partial charge in [0.15, 0.2) is 0 Å². The number of thiophene rings is 1. The number of aldehydes is 1. The molecule has 0 saturated carbocycles. The zero-order chi connectivity index (χ0) is 10.8. The fourth-order valence-corrected chi connectivity index (χ4v) is 2.69. The zero-order valence-electron chi connectivity index (χ0n) is 8.81. The highest BCUT2D eigenvalue weighted by Gasteiger charge is 2.16. The molecular weight excluding hydrogens is 206 g/mol. The molecule has 2 nitrogen and oxygen atoms in total. The van der Waals surface area contributed by atoms with Crippen molar-refractivity contribution in [3.63, 3.8) is 0 Å². The SMILES string of the molecule is CN(C)C(C=O)c1csc2ccccc12. The predicted octanol–water partition coefficient (Wildman–Crippen LogP) is 2.70. The van der Waals surface area contributed by atoms with Crippen molar-refractivity contribution < 1.29 is 4.79 Å². The van der Waals surface area contributed by atoms with Crippen LogP contribution in [0.4, 0.5) is 0 Å². The standard InChI is InChI=1S/C12H13NOS/c1-13(2)11(7-14)10-8-15-12-6-4-3-5-9(10)12/h3-8,11H,1-2H3. The molecular formula is C12H13NOS. The summed E-state index contributed by atoms with van der Waals surface area (Å²) in [5.41, 5.74) is 1.11. The maximum atomic E-state index is 11.1. The normalized spacial score (nSPS) is 13.3. The molecule has 0 bridgehead atoms. The fourth-order valence-electron chi connectivity index (χ4n) is 1.70. The van der Waals surface area contributed by atoms with Gasteiger partial charge in [-0.25, -0.2) is 0 Å². The zero-order valence-corrected chi connectivity index (χ0v) is 9.62. The summed E-state index contributed by atoms with van der Waals surface area (Å²) in [5, 5.41) is 3.26. The van der Waals surface area contributed by atoms with Crippen molar-refractivity contribution in [1.82, 2.24) is 4.90 Å². The molecule has 1 heterocycles. The molecule has 0 aliphatic carbocycles. The van der Waals surface area contributed by atoms with Crippen LogP contribution in [0.3, 0.4) is 0 Å². The first-order valence-corrected chi connectivity index (χ1v) is 5.70. The van der Waals surface area contributed by atoms with Gasteiger partial charge in [-0.05, 0) is 36.5 Å². The van der Waals surface area contributed by atoms with E-state index in [1.54, 1.807) is 11.3 Å². The Hall–Kier alpha value is -1.19. The summed E-state index contributed by atoms with van der Waals surface area (Å²) < 4.78 is 1.24. The van der Waals surface area contributed by atoms with E-state index in [4.69, 9.17) is 0 Å². The number of hydrogen-bond acceptors (Lipinski definition) is 3. The van der Waals surface area contributed by atoms with E-state index < -0.39 is 0 Å². The summed E-state index contributed by atoms with van der Waals surface area (Å²) in [6, 6.07) is 8.05. The number of hydrogen-bond donors (Lipinski definition) is 0. The molecule has 1 aromatic carbocycles. The molecule has 15 heavy (non-hydrogen) atoms. The minimum absolute atomic E-state index is 0.138. The van der Waals surface area contributed by atoms with Crippen LogP contribution in [0.5, 0.6) is 0 Å². The second-order valence-corrected chi connectivity index (χ2v) is 4.64. The van der Waals surface area contributed by atoms with Gasteiger partial charge in [0, 0.05) is 4.70 Å². The number of benzene rings is 1. The van der Waals surface area contributed by atoms with Gasteiger partial charge in [-0.2, -0.15) is 0 Å². The average Bonchev–Trinajstić information content (AvgIpc) is 2.63. The minimum atomic E-state index is -0.138. The topological polar surface area (TPSA) is 20.3 Å². The lowest BCUT2D eigenvalue weighted by Gasteiger charge is -2.17. The quantitative estimate of drug-likeness (QED) is 0.740. The van der Waals surface area contributed by atoms with Gasteiger partial charge in [-0.15, -0.1) is 11.3 Å². The third kappa shape index (κ3) is 1.80. The Morgan fingerprint density at radius 2 is 2.07 bits per heavy atom. The van der Waals surface area contributed by atoms with Gasteiger partial charge < -0.3 is 4.79 Å². The van der Waals surface area contributed by atoms with E-state index in [1.165, 1.54) is 10.1 Å². The first kappa shape index (κ1) is 10.3. The van der Waals surface area contributed by atoms with Gasteiger partial charge in [-0.1, -0.05) is 18.2 Å². The van der Waals surface area contributed by atoms with Crippen LogP contribution >= 0.6 is 11.3 Å². The second-order valence-electron chi connectivity index (χ2n) is 3.73. The Bertz CT molecular complexity index is 475. The Morgan fingerprint density at radius 1 is 1.33 bits per heavy atom. The summed E-state index contributed by atoms with van der Waals surface area (Å²) in [5.74, 6) is 0. The Labute approximate surface area is 93.1 Å². The van der Waals surface area contributed by atoms with Crippen LogP contribution < -0.4 is 0 Å². The van der Waals surface area contributed by atoms with Crippen molar-refractivity contribution in [1.29, 1.82) is 0 Å². The van der Waals surface area contributed by atoms with E-state index in [2.05, 4.69) is 17.5 Å². The first-order valence-electron chi connectivity index (χ1n) is 4.82. The maximum absolute atomic E-state index is 11.1. The highest BCUT2D eigenvalue weighted by Crippen LogP contribution is 2.31. The van der Waals surface area contributed by atoms with Crippen LogP contribution in [0.25, 0.3) is 10.1 Å². The third-order valence-corrected chi connectivity index (χ3v) is 3.50. The molecule has 1 aromatic heterocycles. The van der Waals surface area contributed by atoms with Crippen LogP contribution in [0.2, 0.25) is 0 Å². The molecule has 3 heteroatoms. The number of carbonyl (C=O) groups excluding carboxylic acids is 1. The molecule has 0 aliphatic heterocycles. The van der Waals surface area contributed by atoms with Crippen molar-refractivity contribution in [3.8, 4) is 0 Å². The van der Waals surface area contributed by atoms with Crippen LogP contribution in [0.15, 0.2) is 29.6 Å². The number of nitrogens with zero attached hydrogens (tertiary/aromatic N) is 1. The van der Waals surface area contributed by atoms with Gasteiger partial charge in [0.05, 0.1) is 6.04 Å². The van der Waals surface area contributed by atoms with E-state index in [0.717, 1.165) is 11.8 Å². The van der Waals surface area contributed by atoms with E-state index in [-0.39, 0.29) is 6.04 Å². The Kier molecular flexibility index (Phi) is 2.84. The predicted molar refractivity (Wildman–Crippen MR) is 64.3 cm³/mol. The van der Waals surface area contributed by atoms with E-state index in [9.17, 15) is 4.79 Å². The molecule has 0 saturated heterocycles. The van der Waals surface area contributed by atoms with Gasteiger partial charge in [0.1, 0.15) is 6.29 Å². The summed E-state index contributed by atoms with van der Waals surface area (Å²) in [4.78, 5) is 13.0. The summed E-state index contributed by atoms with van der Waals surface area (Å²) in [6.07, 6.45) is 0.995. The van der Waals surface area contributed by atoms with Gasteiger partial charge in [0.2, 0.25) is 0 Å². The highest BCUT2D eigenvalue weighted by molar-refractivity contribution is 7.17. The highest BCUT2D eigenvalue weighted by atomic mass is 32.1. The van der Waals surface area contributed by atoms with Gasteiger partial charge in [-0.3, -0.25) is 4.90 Å². The van der Waals surface area contributed by atoms with Gasteiger partial charge >= 0.3 is 0 Å². The second kappa shape index (κ2) is 4.13. The molecule has 0 amide bonds. The van der Waals surface area contributed by atoms with Crippen molar-refractivity contribution in [2.45, 2.75) is 6.04 Å². The lowest BCUT2D eigenvalue weighted by Crippen LogP contribution is -2.20. The van der Waals surface area contributed by atoms with Crippen LogP contribution in [-0.4, -0.2) is 25.3 Å². The third-order valence-electron chi connectivity index (χ3n) is 2.51. The molecule has 1 unspecified atom stereocenters. The Morgan fingerprint density at radius 3 is 2.73 bits per heavy atom. The van der Waals surface area contributed by atoms with Crippen LogP contribution in [0, 0.1) is 0 Å². The number of carbonyl (C=O) groups is 1. The number of fused-ring (bicyclic) bond motifs is 1. The van der Waals surface area contributed by atoms with Crippen LogP contribution in [0.1, 0.15) is 11.6 Å². The summed E-state index contributed by atoms with van der Waals surface area (Å²) in [7, 11) is 3.84. The molecule has 0 spiro atoms. The average molecular weight is 219 g/mol. The molecule has 2 aromatic rings. The van der Waals surface area contributed by atoms with Crippen molar-refractivity contribution in [2.75, 3.05) is 14.1 Å². The molecule has 0 fully saturated rings. The summed E-state index contributed by atoms with van der Waals surface area (Å²) in [6.45, 7) is 0. The molecule has 2 rings (SSSR count). The number of likely N-dealkylation sites (N-methyl/N-ethyl adjacent to an activating group) is 1. The van der Waals surface area contributed by atoms with E-state index in [1.807, 2.05) is 31.1 Å². The lowest BCUT2D eigenvalue weighted by molar-refractivity contribution is -0.111. The van der Waals surface area contributed by atoms with Crippen LogP contribution in [-0.2, 0) is 4.79 Å². The van der Waals surface area contributed by atoms with Gasteiger partial charge in [0.25, 0.3) is 0 Å². The molecule has 1 atom stereocenters. The first-order chi connectivity index (χ1) is 7.24. The Balaban J connectivity index is 2.55. The van der Waals surface area contributed by atoms with Crippen molar-refractivity contribution in [3.05, 3.63) is 35.2 Å². The largest absolute Gasteiger partial charge is 0.301 e. The van der Waals surface area contributed by atoms with E-state index >= 15 is 0 Å². The fraction of sp³-hybridized carbons (Fsp3) is 0.250. The smallest absolute Gasteiger partial charge is 0.141 e. The van der Waals surface area contributed by atoms with Crippen molar-refractivity contribution in [2.24, 2.45) is 0 Å². The maximum Gasteiger partial charge on any atom is 0.141 e. The molecule has 0 radical (unpaired) electrons. The summed E-state index contributed by atoms with van der Waals surface area (Å²) >= 11 is 1.69. The van der Waals surface area contributed by atoms with Crippen molar-refractivity contribution >= 4 is 27.7 Å². The lowest BCUT2D eigenvalue weighted by atomic mass is 10.1. The molecule has 0 aliphatic rings.